The Balaban J connectivity index is 2.38. The molecule has 0 fully saturated rings. The Morgan fingerprint density at radius 2 is 2.25 bits per heavy atom. The van der Waals surface area contributed by atoms with Gasteiger partial charge >= 0.3 is 5.97 Å². The maximum atomic E-state index is 11.8. The van der Waals surface area contributed by atoms with Crippen molar-refractivity contribution in [1.82, 2.24) is 14.7 Å². The zero-order valence-corrected chi connectivity index (χ0v) is 14.0. The van der Waals surface area contributed by atoms with Crippen LogP contribution < -0.4 is 5.32 Å². The van der Waals surface area contributed by atoms with Gasteiger partial charge in [-0.2, -0.15) is 4.37 Å². The van der Waals surface area contributed by atoms with E-state index in [1.807, 2.05) is 13.8 Å². The molecule has 0 saturated heterocycles. The summed E-state index contributed by atoms with van der Waals surface area (Å²) in [5, 5.41) is 3.24. The van der Waals surface area contributed by atoms with Crippen molar-refractivity contribution in [3.8, 4) is 0 Å². The quantitative estimate of drug-likeness (QED) is 0.528. The molecule has 1 heterocycles. The summed E-state index contributed by atoms with van der Waals surface area (Å²) in [7, 11) is 0. The largest absolute Gasteiger partial charge is 0.465 e. The molecule has 0 aliphatic heterocycles. The van der Waals surface area contributed by atoms with E-state index in [-0.39, 0.29) is 12.0 Å². The lowest BCUT2D eigenvalue weighted by Crippen LogP contribution is -2.39. The third-order valence-corrected chi connectivity index (χ3v) is 4.51. The molecule has 0 amide bonds. The van der Waals surface area contributed by atoms with Crippen molar-refractivity contribution in [3.63, 3.8) is 0 Å². The molecule has 1 N–H and O–H groups in total. The van der Waals surface area contributed by atoms with Gasteiger partial charge in [0.25, 0.3) is 0 Å². The molecule has 0 aliphatic rings. The van der Waals surface area contributed by atoms with Crippen molar-refractivity contribution >= 4 is 29.3 Å². The number of hydrogen-bond acceptors (Lipinski definition) is 7. The van der Waals surface area contributed by atoms with Crippen molar-refractivity contribution < 1.29 is 9.53 Å². The Morgan fingerprint density at radius 3 is 2.85 bits per heavy atom. The van der Waals surface area contributed by atoms with Crippen molar-refractivity contribution in [2.45, 2.75) is 50.4 Å². The molecule has 0 bridgehead atoms. The summed E-state index contributed by atoms with van der Waals surface area (Å²) >= 11 is 3.08. The van der Waals surface area contributed by atoms with Crippen LogP contribution in [-0.2, 0) is 16.0 Å². The number of carbonyl (C=O) groups excluding carboxylic acids is 1. The van der Waals surface area contributed by atoms with Gasteiger partial charge in [0, 0.05) is 12.2 Å². The summed E-state index contributed by atoms with van der Waals surface area (Å²) in [6.45, 7) is 7.20. The molecule has 5 nitrogen and oxygen atoms in total. The van der Waals surface area contributed by atoms with Crippen LogP contribution in [0.4, 0.5) is 0 Å². The second-order valence-electron chi connectivity index (χ2n) is 4.23. The third kappa shape index (κ3) is 6.19. The molecule has 1 unspecified atom stereocenters. The smallest absolute Gasteiger partial charge is 0.323 e. The van der Waals surface area contributed by atoms with Crippen molar-refractivity contribution in [3.05, 3.63) is 5.82 Å². The SMILES string of the molecule is CCCNC(CCSc1nc(CC)ns1)C(=O)OCC. The Labute approximate surface area is 129 Å². The number of aromatic nitrogens is 2. The Kier molecular flexibility index (Phi) is 8.80. The molecular weight excluding hydrogens is 294 g/mol. The number of hydrogen-bond donors (Lipinski definition) is 1. The number of esters is 1. The van der Waals surface area contributed by atoms with Crippen LogP contribution in [0.3, 0.4) is 0 Å². The van der Waals surface area contributed by atoms with Crippen molar-refractivity contribution in [2.75, 3.05) is 18.9 Å². The summed E-state index contributed by atoms with van der Waals surface area (Å²) in [5.74, 6) is 1.56. The minimum atomic E-state index is -0.221. The molecule has 0 aliphatic carbocycles. The lowest BCUT2D eigenvalue weighted by Gasteiger charge is -2.16. The van der Waals surface area contributed by atoms with Crippen LogP contribution in [-0.4, -0.2) is 40.3 Å². The predicted octanol–water partition coefficient (Wildman–Crippen LogP) is 2.51. The molecule has 7 heteroatoms. The highest BCUT2D eigenvalue weighted by atomic mass is 32.2. The van der Waals surface area contributed by atoms with E-state index in [1.54, 1.807) is 11.8 Å². The van der Waals surface area contributed by atoms with Crippen LogP contribution in [0.15, 0.2) is 4.34 Å². The van der Waals surface area contributed by atoms with Gasteiger partial charge in [0.05, 0.1) is 6.61 Å². The van der Waals surface area contributed by atoms with E-state index in [9.17, 15) is 4.79 Å². The first kappa shape index (κ1) is 17.4. The van der Waals surface area contributed by atoms with Gasteiger partial charge < -0.3 is 10.1 Å². The predicted molar refractivity (Wildman–Crippen MR) is 83.3 cm³/mol. The van der Waals surface area contributed by atoms with Gasteiger partial charge in [-0.05, 0) is 37.8 Å². The average Bonchev–Trinajstić information content (AvgIpc) is 2.90. The van der Waals surface area contributed by atoms with E-state index >= 15 is 0 Å². The third-order valence-electron chi connectivity index (χ3n) is 2.61. The van der Waals surface area contributed by atoms with E-state index in [4.69, 9.17) is 4.74 Å². The minimum absolute atomic E-state index is 0.159. The van der Waals surface area contributed by atoms with Crippen LogP contribution in [0.5, 0.6) is 0 Å². The minimum Gasteiger partial charge on any atom is -0.465 e. The summed E-state index contributed by atoms with van der Waals surface area (Å²) in [5.41, 5.74) is 0. The van der Waals surface area contributed by atoms with Crippen molar-refractivity contribution in [1.29, 1.82) is 0 Å². The molecule has 0 radical (unpaired) electrons. The Bertz CT molecular complexity index is 399. The monoisotopic (exact) mass is 317 g/mol. The lowest BCUT2D eigenvalue weighted by atomic mass is 10.2. The maximum Gasteiger partial charge on any atom is 0.323 e. The normalized spacial score (nSPS) is 12.3. The second kappa shape index (κ2) is 10.1. The van der Waals surface area contributed by atoms with Crippen molar-refractivity contribution in [2.24, 2.45) is 0 Å². The number of ether oxygens (including phenoxy) is 1. The van der Waals surface area contributed by atoms with Crippen LogP contribution >= 0.6 is 23.3 Å². The van der Waals surface area contributed by atoms with Gasteiger partial charge in [-0.15, -0.1) is 0 Å². The molecule has 1 aromatic heterocycles. The highest BCUT2D eigenvalue weighted by Crippen LogP contribution is 2.21. The highest BCUT2D eigenvalue weighted by Gasteiger charge is 2.18. The molecule has 1 atom stereocenters. The van der Waals surface area contributed by atoms with E-state index < -0.39 is 0 Å². The van der Waals surface area contributed by atoms with Crippen LogP contribution in [0.1, 0.15) is 39.4 Å². The molecule has 0 aromatic carbocycles. The zero-order chi connectivity index (χ0) is 14.8. The first-order valence-corrected chi connectivity index (χ1v) is 8.82. The summed E-state index contributed by atoms with van der Waals surface area (Å²) < 4.78 is 10.3. The molecule has 114 valence electrons. The first-order chi connectivity index (χ1) is 9.71. The molecule has 0 spiro atoms. The molecule has 0 saturated carbocycles. The molecular formula is C13H23N3O2S2. The fourth-order valence-corrected chi connectivity index (χ4v) is 3.34. The van der Waals surface area contributed by atoms with Gasteiger partial charge in [0.2, 0.25) is 0 Å². The number of thioether (sulfide) groups is 1. The topological polar surface area (TPSA) is 64.1 Å². The Morgan fingerprint density at radius 1 is 1.45 bits per heavy atom. The van der Waals surface area contributed by atoms with Gasteiger partial charge in [0.1, 0.15) is 11.9 Å². The van der Waals surface area contributed by atoms with Crippen LogP contribution in [0.25, 0.3) is 0 Å². The number of rotatable bonds is 10. The average molecular weight is 317 g/mol. The number of aryl methyl sites for hydroxylation is 1. The fraction of sp³-hybridized carbons (Fsp3) is 0.769. The summed E-state index contributed by atoms with van der Waals surface area (Å²) in [6, 6.07) is -0.221. The van der Waals surface area contributed by atoms with Gasteiger partial charge in [-0.25, -0.2) is 4.98 Å². The van der Waals surface area contributed by atoms with Gasteiger partial charge in [-0.1, -0.05) is 25.6 Å². The van der Waals surface area contributed by atoms with E-state index in [2.05, 4.69) is 21.6 Å². The molecule has 1 rings (SSSR count). The number of carbonyl (C=O) groups is 1. The standard InChI is InChI=1S/C13H23N3O2S2/c1-4-8-14-10(12(17)18-6-3)7-9-19-13-15-11(5-2)16-20-13/h10,14H,4-9H2,1-3H3. The van der Waals surface area contributed by atoms with Crippen LogP contribution in [0, 0.1) is 0 Å². The zero-order valence-electron chi connectivity index (χ0n) is 12.3. The van der Waals surface area contributed by atoms with E-state index in [0.29, 0.717) is 6.61 Å². The summed E-state index contributed by atoms with van der Waals surface area (Å²) in [4.78, 5) is 16.2. The summed E-state index contributed by atoms with van der Waals surface area (Å²) in [6.07, 6.45) is 2.60. The Hall–Kier alpha value is -0.660. The fourth-order valence-electron chi connectivity index (χ4n) is 1.57. The number of nitrogens with zero attached hydrogens (tertiary/aromatic N) is 2. The van der Waals surface area contributed by atoms with Gasteiger partial charge in [-0.3, -0.25) is 4.79 Å². The number of nitrogens with one attached hydrogen (secondary N) is 1. The van der Waals surface area contributed by atoms with Gasteiger partial charge in [0.15, 0.2) is 4.34 Å². The highest BCUT2D eigenvalue weighted by molar-refractivity contribution is 8.00. The molecule has 1 aromatic rings. The van der Waals surface area contributed by atoms with Crippen LogP contribution in [0.2, 0.25) is 0 Å². The van der Waals surface area contributed by atoms with E-state index in [1.165, 1.54) is 11.5 Å². The van der Waals surface area contributed by atoms with E-state index in [0.717, 1.165) is 41.7 Å². The maximum absolute atomic E-state index is 11.8. The second-order valence-corrected chi connectivity index (χ2v) is 6.32. The first-order valence-electron chi connectivity index (χ1n) is 7.06. The molecule has 20 heavy (non-hydrogen) atoms. The lowest BCUT2D eigenvalue weighted by molar-refractivity contribution is -0.145.